The summed E-state index contributed by atoms with van der Waals surface area (Å²) in [7, 11) is 0. The van der Waals surface area contributed by atoms with Gasteiger partial charge in [-0.1, -0.05) is 6.58 Å². The molecule has 0 aromatic carbocycles. The molecule has 0 aromatic heterocycles. The number of rotatable bonds is 3. The molecule has 1 aliphatic heterocycles. The highest BCUT2D eigenvalue weighted by atomic mass is 16.6. The Bertz CT molecular complexity index is 197. The zero-order valence-corrected chi connectivity index (χ0v) is 7.91. The molecule has 0 saturated carbocycles. The number of nitrogens with zero attached hydrogens (tertiary/aromatic N) is 1. The topological polar surface area (TPSA) is 38.8 Å². The maximum Gasteiger partial charge on any atom is 0.334 e. The average molecular weight is 185 g/mol. The van der Waals surface area contributed by atoms with Crippen LogP contribution < -0.4 is 0 Å². The molecule has 0 aliphatic carbocycles. The van der Waals surface area contributed by atoms with Gasteiger partial charge < -0.3 is 9.47 Å². The van der Waals surface area contributed by atoms with Crippen molar-refractivity contribution in [2.24, 2.45) is 0 Å². The largest absolute Gasteiger partial charge is 0.446 e. The fourth-order valence-electron chi connectivity index (χ4n) is 1.02. The highest BCUT2D eigenvalue weighted by Gasteiger charge is 2.12. The number of carbonyl (C=O) groups is 1. The fourth-order valence-corrected chi connectivity index (χ4v) is 1.02. The second-order valence-electron chi connectivity index (χ2n) is 3.13. The fraction of sp³-hybridized carbons (Fsp3) is 0.667. The van der Waals surface area contributed by atoms with Gasteiger partial charge in [0.15, 0.2) is 0 Å². The van der Waals surface area contributed by atoms with E-state index in [0.717, 1.165) is 19.6 Å². The molecule has 13 heavy (non-hydrogen) atoms. The van der Waals surface area contributed by atoms with Gasteiger partial charge in [0.05, 0.1) is 0 Å². The maximum absolute atomic E-state index is 11.0. The molecule has 1 rings (SSSR count). The molecular weight excluding hydrogens is 170 g/mol. The first-order chi connectivity index (χ1) is 6.20. The van der Waals surface area contributed by atoms with Crippen molar-refractivity contribution in [2.45, 2.75) is 13.3 Å². The molecule has 1 saturated heterocycles. The zero-order valence-electron chi connectivity index (χ0n) is 7.91. The molecule has 0 amide bonds. The van der Waals surface area contributed by atoms with E-state index in [-0.39, 0.29) is 5.97 Å². The van der Waals surface area contributed by atoms with Gasteiger partial charge in [-0.25, -0.2) is 9.69 Å². The molecule has 0 radical (unpaired) electrons. The van der Waals surface area contributed by atoms with Crippen molar-refractivity contribution in [3.05, 3.63) is 12.2 Å². The van der Waals surface area contributed by atoms with Crippen molar-refractivity contribution in [3.8, 4) is 0 Å². The van der Waals surface area contributed by atoms with E-state index < -0.39 is 0 Å². The lowest BCUT2D eigenvalue weighted by Gasteiger charge is -2.25. The summed E-state index contributed by atoms with van der Waals surface area (Å²) in [5, 5.41) is 0. The van der Waals surface area contributed by atoms with Crippen molar-refractivity contribution >= 4 is 5.97 Å². The first-order valence-electron chi connectivity index (χ1n) is 4.33. The van der Waals surface area contributed by atoms with Crippen molar-refractivity contribution in [1.82, 2.24) is 4.90 Å². The van der Waals surface area contributed by atoms with Crippen LogP contribution in [-0.2, 0) is 14.3 Å². The third-order valence-corrected chi connectivity index (χ3v) is 1.76. The van der Waals surface area contributed by atoms with Crippen LogP contribution in [0.4, 0.5) is 0 Å². The van der Waals surface area contributed by atoms with Crippen molar-refractivity contribution in [1.29, 1.82) is 0 Å². The molecule has 0 atom stereocenters. The monoisotopic (exact) mass is 185 g/mol. The highest BCUT2D eigenvalue weighted by Crippen LogP contribution is 2.01. The first-order valence-corrected chi connectivity index (χ1v) is 4.33. The molecule has 0 aromatic rings. The van der Waals surface area contributed by atoms with Crippen LogP contribution in [0.2, 0.25) is 0 Å². The average Bonchev–Trinajstić information content (AvgIpc) is 2.15. The third kappa shape index (κ3) is 3.57. The normalized spacial score (nSPS) is 18.2. The van der Waals surface area contributed by atoms with Gasteiger partial charge in [0.25, 0.3) is 0 Å². The molecule has 74 valence electrons. The minimum Gasteiger partial charge on any atom is -0.446 e. The van der Waals surface area contributed by atoms with Crippen LogP contribution in [0.3, 0.4) is 0 Å². The minimum atomic E-state index is -0.342. The lowest BCUT2D eigenvalue weighted by Crippen LogP contribution is -2.35. The Hall–Kier alpha value is -0.870. The maximum atomic E-state index is 11.0. The van der Waals surface area contributed by atoms with E-state index in [9.17, 15) is 4.79 Å². The summed E-state index contributed by atoms with van der Waals surface area (Å²) < 4.78 is 10.1. The van der Waals surface area contributed by atoms with Crippen molar-refractivity contribution in [2.75, 3.05) is 26.6 Å². The van der Waals surface area contributed by atoms with Gasteiger partial charge in [0.2, 0.25) is 0 Å². The van der Waals surface area contributed by atoms with Gasteiger partial charge in [0, 0.05) is 18.7 Å². The van der Waals surface area contributed by atoms with Gasteiger partial charge in [-0.2, -0.15) is 0 Å². The molecule has 0 unspecified atom stereocenters. The van der Waals surface area contributed by atoms with Crippen molar-refractivity contribution in [3.63, 3.8) is 0 Å². The summed E-state index contributed by atoms with van der Waals surface area (Å²) in [5.74, 6) is -0.342. The molecule has 1 aliphatic rings. The number of hydrogen-bond acceptors (Lipinski definition) is 4. The molecule has 0 spiro atoms. The molecule has 4 heteroatoms. The Morgan fingerprint density at radius 1 is 1.69 bits per heavy atom. The van der Waals surface area contributed by atoms with E-state index in [2.05, 4.69) is 6.58 Å². The van der Waals surface area contributed by atoms with Gasteiger partial charge in [-0.15, -0.1) is 0 Å². The third-order valence-electron chi connectivity index (χ3n) is 1.76. The molecule has 1 heterocycles. The van der Waals surface area contributed by atoms with Crippen LogP contribution in [0.5, 0.6) is 0 Å². The first kappa shape index (κ1) is 10.2. The van der Waals surface area contributed by atoms with Gasteiger partial charge in [0.1, 0.15) is 13.5 Å². The predicted molar refractivity (Wildman–Crippen MR) is 47.9 cm³/mol. The van der Waals surface area contributed by atoms with E-state index in [0.29, 0.717) is 19.0 Å². The van der Waals surface area contributed by atoms with Crippen LogP contribution in [0, 0.1) is 0 Å². The molecule has 1 fully saturated rings. The van der Waals surface area contributed by atoms with E-state index >= 15 is 0 Å². The number of carbonyl (C=O) groups excluding carboxylic acids is 1. The van der Waals surface area contributed by atoms with E-state index in [1.165, 1.54) is 0 Å². The molecule has 0 N–H and O–H groups in total. The Morgan fingerprint density at radius 2 is 2.46 bits per heavy atom. The standard InChI is InChI=1S/C9H15NO3/c1-8(2)9(11)13-7-10-4-3-5-12-6-10/h1,3-7H2,2H3. The second kappa shape index (κ2) is 4.99. The van der Waals surface area contributed by atoms with Crippen LogP contribution >= 0.6 is 0 Å². The minimum absolute atomic E-state index is 0.297. The van der Waals surface area contributed by atoms with Crippen LogP contribution in [0.25, 0.3) is 0 Å². The molecule has 4 nitrogen and oxygen atoms in total. The summed E-state index contributed by atoms with van der Waals surface area (Å²) >= 11 is 0. The predicted octanol–water partition coefficient (Wildman–Crippen LogP) is 0.743. The van der Waals surface area contributed by atoms with Gasteiger partial charge in [-0.05, 0) is 13.3 Å². The quantitative estimate of drug-likeness (QED) is 0.480. The number of ether oxygens (including phenoxy) is 2. The summed E-state index contributed by atoms with van der Waals surface area (Å²) in [6, 6.07) is 0. The molecular formula is C9H15NO3. The SMILES string of the molecule is C=C(C)C(=O)OCN1CCCOC1. The van der Waals surface area contributed by atoms with E-state index in [4.69, 9.17) is 9.47 Å². The van der Waals surface area contributed by atoms with E-state index in [1.54, 1.807) is 6.92 Å². The van der Waals surface area contributed by atoms with Crippen LogP contribution in [0.1, 0.15) is 13.3 Å². The van der Waals surface area contributed by atoms with Gasteiger partial charge >= 0.3 is 5.97 Å². The second-order valence-corrected chi connectivity index (χ2v) is 3.13. The lowest BCUT2D eigenvalue weighted by atomic mass is 10.4. The smallest absolute Gasteiger partial charge is 0.334 e. The zero-order chi connectivity index (χ0) is 9.68. The molecule has 0 bridgehead atoms. The van der Waals surface area contributed by atoms with Crippen LogP contribution in [0.15, 0.2) is 12.2 Å². The Labute approximate surface area is 78.1 Å². The summed E-state index contributed by atoms with van der Waals surface area (Å²) in [4.78, 5) is 12.9. The summed E-state index contributed by atoms with van der Waals surface area (Å²) in [6.45, 7) is 7.69. The van der Waals surface area contributed by atoms with Crippen molar-refractivity contribution < 1.29 is 14.3 Å². The lowest BCUT2D eigenvalue weighted by molar-refractivity contribution is -0.148. The summed E-state index contributed by atoms with van der Waals surface area (Å²) in [6.07, 6.45) is 0.991. The number of esters is 1. The Kier molecular flexibility index (Phi) is 3.92. The van der Waals surface area contributed by atoms with Gasteiger partial charge in [-0.3, -0.25) is 0 Å². The number of hydrogen-bond donors (Lipinski definition) is 0. The van der Waals surface area contributed by atoms with E-state index in [1.807, 2.05) is 4.90 Å². The Morgan fingerprint density at radius 3 is 3.00 bits per heavy atom. The Balaban J connectivity index is 2.17. The highest BCUT2D eigenvalue weighted by molar-refractivity contribution is 5.86. The summed E-state index contributed by atoms with van der Waals surface area (Å²) in [5.41, 5.74) is 0.429. The van der Waals surface area contributed by atoms with Crippen LogP contribution in [-0.4, -0.2) is 37.5 Å².